The molecule has 1 aliphatic carbocycles. The van der Waals surface area contributed by atoms with E-state index in [0.29, 0.717) is 0 Å². The van der Waals surface area contributed by atoms with Crippen LogP contribution in [-0.2, 0) is 0 Å². The zero-order chi connectivity index (χ0) is 8.97. The summed E-state index contributed by atoms with van der Waals surface area (Å²) in [5, 5.41) is 1.19. The lowest BCUT2D eigenvalue weighted by atomic mass is 9.74. The molecule has 0 aromatic rings. The highest BCUT2D eigenvalue weighted by Crippen LogP contribution is 2.35. The predicted octanol–water partition coefficient (Wildman–Crippen LogP) is 4.23. The molecular weight excluding hydrogens is 212 g/mol. The Hall–Kier alpha value is 0.480. The molecule has 0 saturated heterocycles. The molecular formula is C11H21Br. The highest BCUT2D eigenvalue weighted by Gasteiger charge is 2.23. The van der Waals surface area contributed by atoms with Crippen LogP contribution in [0.1, 0.15) is 46.0 Å². The summed E-state index contributed by atoms with van der Waals surface area (Å²) < 4.78 is 0. The third kappa shape index (κ3) is 3.08. The first-order valence-corrected chi connectivity index (χ1v) is 6.42. The molecule has 0 nitrogen and oxygen atoms in total. The van der Waals surface area contributed by atoms with Crippen molar-refractivity contribution in [2.75, 3.05) is 5.33 Å². The Morgan fingerprint density at radius 2 is 1.92 bits per heavy atom. The summed E-state index contributed by atoms with van der Waals surface area (Å²) in [6, 6.07) is 0. The standard InChI is InChI=1S/C11H21Br/c1-9-5-6-11(4-3-7-12)8-10(9)2/h9-11H,3-8H2,1-2H3. The van der Waals surface area contributed by atoms with Crippen molar-refractivity contribution in [2.45, 2.75) is 46.0 Å². The average molecular weight is 233 g/mol. The van der Waals surface area contributed by atoms with E-state index in [-0.39, 0.29) is 0 Å². The van der Waals surface area contributed by atoms with Crippen LogP contribution < -0.4 is 0 Å². The SMILES string of the molecule is CC1CCC(CCCBr)CC1C. The monoisotopic (exact) mass is 232 g/mol. The molecule has 0 aliphatic heterocycles. The van der Waals surface area contributed by atoms with Crippen molar-refractivity contribution >= 4 is 15.9 Å². The maximum atomic E-state index is 3.50. The van der Waals surface area contributed by atoms with E-state index >= 15 is 0 Å². The van der Waals surface area contributed by atoms with Gasteiger partial charge in [0.15, 0.2) is 0 Å². The van der Waals surface area contributed by atoms with Crippen molar-refractivity contribution in [1.82, 2.24) is 0 Å². The summed E-state index contributed by atoms with van der Waals surface area (Å²) in [4.78, 5) is 0. The average Bonchev–Trinajstić information content (AvgIpc) is 2.07. The van der Waals surface area contributed by atoms with Crippen LogP contribution in [0, 0.1) is 17.8 Å². The van der Waals surface area contributed by atoms with Gasteiger partial charge in [-0.25, -0.2) is 0 Å². The molecule has 3 unspecified atom stereocenters. The van der Waals surface area contributed by atoms with E-state index in [4.69, 9.17) is 0 Å². The molecule has 0 spiro atoms. The van der Waals surface area contributed by atoms with Gasteiger partial charge in [-0.3, -0.25) is 0 Å². The fourth-order valence-electron chi connectivity index (χ4n) is 2.29. The van der Waals surface area contributed by atoms with Gasteiger partial charge in [0.2, 0.25) is 0 Å². The molecule has 0 aromatic heterocycles. The predicted molar refractivity (Wildman–Crippen MR) is 58.7 cm³/mol. The quantitative estimate of drug-likeness (QED) is 0.640. The van der Waals surface area contributed by atoms with Gasteiger partial charge in [-0.2, -0.15) is 0 Å². The van der Waals surface area contributed by atoms with Crippen molar-refractivity contribution in [3.63, 3.8) is 0 Å². The van der Waals surface area contributed by atoms with Gasteiger partial charge in [-0.15, -0.1) is 0 Å². The van der Waals surface area contributed by atoms with E-state index in [1.54, 1.807) is 0 Å². The van der Waals surface area contributed by atoms with Crippen LogP contribution >= 0.6 is 15.9 Å². The van der Waals surface area contributed by atoms with E-state index in [2.05, 4.69) is 29.8 Å². The Morgan fingerprint density at radius 3 is 2.50 bits per heavy atom. The molecule has 0 amide bonds. The molecule has 0 radical (unpaired) electrons. The lowest BCUT2D eigenvalue weighted by Gasteiger charge is -2.31. The molecule has 1 aliphatic rings. The number of halogens is 1. The maximum Gasteiger partial charge on any atom is 0.00314 e. The van der Waals surface area contributed by atoms with Crippen LogP contribution in [0.3, 0.4) is 0 Å². The highest BCUT2D eigenvalue weighted by atomic mass is 79.9. The second-order valence-electron chi connectivity index (χ2n) is 4.46. The van der Waals surface area contributed by atoms with Gasteiger partial charge in [0, 0.05) is 5.33 Å². The molecule has 0 N–H and O–H groups in total. The summed E-state index contributed by atoms with van der Waals surface area (Å²) in [5.74, 6) is 2.98. The lowest BCUT2D eigenvalue weighted by Crippen LogP contribution is -2.20. The number of rotatable bonds is 3. The minimum Gasteiger partial charge on any atom is -0.0928 e. The minimum absolute atomic E-state index is 0.971. The van der Waals surface area contributed by atoms with Gasteiger partial charge in [-0.1, -0.05) is 42.6 Å². The first kappa shape index (κ1) is 10.6. The molecule has 1 heteroatoms. The zero-order valence-corrected chi connectivity index (χ0v) is 9.94. The molecule has 1 saturated carbocycles. The third-order valence-corrected chi connectivity index (χ3v) is 4.01. The van der Waals surface area contributed by atoms with Crippen molar-refractivity contribution in [1.29, 1.82) is 0 Å². The summed E-state index contributed by atoms with van der Waals surface area (Å²) in [5.41, 5.74) is 0. The summed E-state index contributed by atoms with van der Waals surface area (Å²) in [7, 11) is 0. The van der Waals surface area contributed by atoms with E-state index in [1.807, 2.05) is 0 Å². The first-order valence-electron chi connectivity index (χ1n) is 5.30. The van der Waals surface area contributed by atoms with Crippen LogP contribution in [0.5, 0.6) is 0 Å². The van der Waals surface area contributed by atoms with Crippen LogP contribution in [0.4, 0.5) is 0 Å². The molecule has 1 fully saturated rings. The van der Waals surface area contributed by atoms with E-state index in [1.165, 1.54) is 37.4 Å². The van der Waals surface area contributed by atoms with E-state index in [0.717, 1.165) is 17.8 Å². The van der Waals surface area contributed by atoms with E-state index in [9.17, 15) is 0 Å². The maximum absolute atomic E-state index is 3.50. The lowest BCUT2D eigenvalue weighted by molar-refractivity contribution is 0.200. The minimum atomic E-state index is 0.971. The highest BCUT2D eigenvalue weighted by molar-refractivity contribution is 9.09. The van der Waals surface area contributed by atoms with Gasteiger partial charge in [-0.05, 0) is 37.0 Å². The van der Waals surface area contributed by atoms with Crippen molar-refractivity contribution in [3.8, 4) is 0 Å². The molecule has 12 heavy (non-hydrogen) atoms. The smallest absolute Gasteiger partial charge is 0.00314 e. The number of hydrogen-bond acceptors (Lipinski definition) is 0. The number of alkyl halides is 1. The largest absolute Gasteiger partial charge is 0.0928 e. The zero-order valence-electron chi connectivity index (χ0n) is 8.35. The van der Waals surface area contributed by atoms with Gasteiger partial charge in [0.05, 0.1) is 0 Å². The Kier molecular flexibility index (Phi) is 4.63. The van der Waals surface area contributed by atoms with Gasteiger partial charge in [0.25, 0.3) is 0 Å². The van der Waals surface area contributed by atoms with Gasteiger partial charge in [0.1, 0.15) is 0 Å². The summed E-state index contributed by atoms with van der Waals surface area (Å²) >= 11 is 3.50. The topological polar surface area (TPSA) is 0 Å². The van der Waals surface area contributed by atoms with Crippen molar-refractivity contribution < 1.29 is 0 Å². The Balaban J connectivity index is 2.21. The molecule has 72 valence electrons. The third-order valence-electron chi connectivity index (χ3n) is 3.45. The molecule has 0 aromatic carbocycles. The fourth-order valence-corrected chi connectivity index (χ4v) is 2.61. The second-order valence-corrected chi connectivity index (χ2v) is 5.26. The van der Waals surface area contributed by atoms with E-state index < -0.39 is 0 Å². The van der Waals surface area contributed by atoms with Gasteiger partial charge < -0.3 is 0 Å². The Bertz CT molecular complexity index is 120. The van der Waals surface area contributed by atoms with Crippen LogP contribution in [-0.4, -0.2) is 5.33 Å². The first-order chi connectivity index (χ1) is 5.74. The second kappa shape index (κ2) is 5.26. The molecule has 0 heterocycles. The normalized spacial score (nSPS) is 36.8. The summed E-state index contributed by atoms with van der Waals surface area (Å²) in [6.07, 6.45) is 7.24. The van der Waals surface area contributed by atoms with Crippen molar-refractivity contribution in [2.24, 2.45) is 17.8 Å². The van der Waals surface area contributed by atoms with Crippen LogP contribution in [0.15, 0.2) is 0 Å². The molecule has 1 rings (SSSR count). The van der Waals surface area contributed by atoms with Crippen molar-refractivity contribution in [3.05, 3.63) is 0 Å². The Morgan fingerprint density at radius 1 is 1.17 bits per heavy atom. The molecule has 0 bridgehead atoms. The Labute approximate surface area is 85.3 Å². The van der Waals surface area contributed by atoms with Crippen LogP contribution in [0.25, 0.3) is 0 Å². The fraction of sp³-hybridized carbons (Fsp3) is 1.00. The molecule has 3 atom stereocenters. The van der Waals surface area contributed by atoms with Crippen LogP contribution in [0.2, 0.25) is 0 Å². The van der Waals surface area contributed by atoms with Gasteiger partial charge >= 0.3 is 0 Å². The summed E-state index contributed by atoms with van der Waals surface area (Å²) in [6.45, 7) is 4.83. The number of hydrogen-bond donors (Lipinski definition) is 0.